The lowest BCUT2D eigenvalue weighted by Crippen LogP contribution is -2.34. The molecular formula is C19H26N2O3S. The van der Waals surface area contributed by atoms with Crippen molar-refractivity contribution in [1.29, 1.82) is 0 Å². The van der Waals surface area contributed by atoms with Crippen LogP contribution in [0.5, 0.6) is 0 Å². The summed E-state index contributed by atoms with van der Waals surface area (Å²) in [6.07, 6.45) is 0.264. The van der Waals surface area contributed by atoms with Crippen LogP contribution < -0.4 is 5.14 Å². The Bertz CT molecular complexity index is 746. The molecule has 0 aliphatic rings. The number of benzene rings is 2. The van der Waals surface area contributed by atoms with Crippen LogP contribution in [0.3, 0.4) is 0 Å². The average molecular weight is 362 g/mol. The molecule has 0 aromatic heterocycles. The Labute approximate surface area is 150 Å². The van der Waals surface area contributed by atoms with Gasteiger partial charge in [0, 0.05) is 19.6 Å². The van der Waals surface area contributed by atoms with Crippen molar-refractivity contribution in [3.8, 4) is 0 Å². The van der Waals surface area contributed by atoms with E-state index in [0.29, 0.717) is 13.1 Å². The van der Waals surface area contributed by atoms with Crippen LogP contribution in [0.4, 0.5) is 0 Å². The maximum absolute atomic E-state index is 11.3. The van der Waals surface area contributed by atoms with Gasteiger partial charge in [0.05, 0.1) is 11.9 Å². The highest BCUT2D eigenvalue weighted by molar-refractivity contribution is 7.89. The third-order valence-electron chi connectivity index (χ3n) is 4.14. The van der Waals surface area contributed by atoms with E-state index in [1.165, 1.54) is 5.56 Å². The van der Waals surface area contributed by atoms with Gasteiger partial charge in [0.15, 0.2) is 0 Å². The molecule has 136 valence electrons. The quantitative estimate of drug-likeness (QED) is 0.715. The molecule has 0 bridgehead atoms. The van der Waals surface area contributed by atoms with Crippen LogP contribution in [0.15, 0.2) is 54.6 Å². The predicted molar refractivity (Wildman–Crippen MR) is 100 cm³/mol. The zero-order chi connectivity index (χ0) is 18.3. The Morgan fingerprint density at radius 2 is 1.68 bits per heavy atom. The number of aliphatic hydroxyl groups excluding tert-OH is 1. The van der Waals surface area contributed by atoms with E-state index in [4.69, 9.17) is 5.14 Å². The van der Waals surface area contributed by atoms with E-state index in [1.807, 2.05) is 59.5 Å². The van der Waals surface area contributed by atoms with Crippen LogP contribution in [0.2, 0.25) is 0 Å². The normalized spacial score (nSPS) is 13.1. The molecule has 1 atom stereocenters. The summed E-state index contributed by atoms with van der Waals surface area (Å²) in [5.74, 6) is -0.138. The lowest BCUT2D eigenvalue weighted by atomic mass is 10.1. The molecule has 0 saturated heterocycles. The van der Waals surface area contributed by atoms with Crippen LogP contribution in [0.1, 0.15) is 29.7 Å². The second kappa shape index (κ2) is 9.10. The van der Waals surface area contributed by atoms with Crippen LogP contribution in [0, 0.1) is 0 Å². The van der Waals surface area contributed by atoms with Gasteiger partial charge in [-0.1, -0.05) is 61.5 Å². The standard InChI is InChI=1S/C19H26N2O3S/c1-2-16-8-10-18(11-9-16)19(22)15-21(12-13-25(20,23)24)14-17-6-4-3-5-7-17/h3-11,19,22H,2,12-15H2,1H3,(H2,20,23,24). The van der Waals surface area contributed by atoms with Gasteiger partial charge in [-0.3, -0.25) is 4.90 Å². The minimum atomic E-state index is -3.54. The minimum absolute atomic E-state index is 0.138. The molecule has 2 aromatic carbocycles. The molecular weight excluding hydrogens is 336 g/mol. The number of hydrogen-bond donors (Lipinski definition) is 2. The number of hydrogen-bond acceptors (Lipinski definition) is 4. The van der Waals surface area contributed by atoms with Crippen LogP contribution in [-0.2, 0) is 23.0 Å². The zero-order valence-corrected chi connectivity index (χ0v) is 15.3. The van der Waals surface area contributed by atoms with Crippen molar-refractivity contribution < 1.29 is 13.5 Å². The van der Waals surface area contributed by atoms with Crippen molar-refractivity contribution in [3.05, 3.63) is 71.3 Å². The van der Waals surface area contributed by atoms with Gasteiger partial charge in [0.25, 0.3) is 0 Å². The number of sulfonamides is 1. The van der Waals surface area contributed by atoms with E-state index in [2.05, 4.69) is 6.92 Å². The molecule has 3 N–H and O–H groups in total. The van der Waals surface area contributed by atoms with E-state index < -0.39 is 16.1 Å². The maximum Gasteiger partial charge on any atom is 0.210 e. The molecule has 0 fully saturated rings. The van der Waals surface area contributed by atoms with Gasteiger partial charge in [-0.15, -0.1) is 0 Å². The van der Waals surface area contributed by atoms with E-state index in [0.717, 1.165) is 17.5 Å². The van der Waals surface area contributed by atoms with E-state index in [1.54, 1.807) is 0 Å². The highest BCUT2D eigenvalue weighted by Gasteiger charge is 2.16. The number of nitrogens with two attached hydrogens (primary N) is 1. The second-order valence-electron chi connectivity index (χ2n) is 6.20. The molecule has 0 aliphatic heterocycles. The van der Waals surface area contributed by atoms with Crippen molar-refractivity contribution >= 4 is 10.0 Å². The summed E-state index contributed by atoms with van der Waals surface area (Å²) in [7, 11) is -3.54. The first-order chi connectivity index (χ1) is 11.9. The van der Waals surface area contributed by atoms with Gasteiger partial charge in [-0.25, -0.2) is 13.6 Å². The van der Waals surface area contributed by atoms with E-state index in [-0.39, 0.29) is 12.3 Å². The third-order valence-corrected chi connectivity index (χ3v) is 4.90. The van der Waals surface area contributed by atoms with Gasteiger partial charge in [-0.05, 0) is 23.1 Å². The summed E-state index contributed by atoms with van der Waals surface area (Å²) in [6, 6.07) is 17.6. The summed E-state index contributed by atoms with van der Waals surface area (Å²) in [5, 5.41) is 15.7. The molecule has 0 saturated carbocycles. The largest absolute Gasteiger partial charge is 0.387 e. The van der Waals surface area contributed by atoms with Crippen molar-refractivity contribution in [2.75, 3.05) is 18.8 Å². The molecule has 2 aromatic rings. The molecule has 6 heteroatoms. The minimum Gasteiger partial charge on any atom is -0.387 e. The van der Waals surface area contributed by atoms with E-state index >= 15 is 0 Å². The number of rotatable bonds is 9. The Morgan fingerprint density at radius 1 is 1.04 bits per heavy atom. The summed E-state index contributed by atoms with van der Waals surface area (Å²) in [5.41, 5.74) is 3.10. The lowest BCUT2D eigenvalue weighted by Gasteiger charge is -2.25. The van der Waals surface area contributed by atoms with Crippen LogP contribution >= 0.6 is 0 Å². The number of aryl methyl sites for hydroxylation is 1. The average Bonchev–Trinajstić information content (AvgIpc) is 2.60. The van der Waals surface area contributed by atoms with E-state index in [9.17, 15) is 13.5 Å². The fourth-order valence-electron chi connectivity index (χ4n) is 2.66. The lowest BCUT2D eigenvalue weighted by molar-refractivity contribution is 0.112. The van der Waals surface area contributed by atoms with Gasteiger partial charge >= 0.3 is 0 Å². The highest BCUT2D eigenvalue weighted by atomic mass is 32.2. The summed E-state index contributed by atoms with van der Waals surface area (Å²) < 4.78 is 22.6. The smallest absolute Gasteiger partial charge is 0.210 e. The fraction of sp³-hybridized carbons (Fsp3) is 0.368. The summed E-state index contributed by atoms with van der Waals surface area (Å²) in [6.45, 7) is 3.26. The molecule has 0 amide bonds. The molecule has 0 aliphatic carbocycles. The fourth-order valence-corrected chi connectivity index (χ4v) is 3.17. The molecule has 0 spiro atoms. The van der Waals surface area contributed by atoms with Gasteiger partial charge in [0.2, 0.25) is 10.0 Å². The Morgan fingerprint density at radius 3 is 2.24 bits per heavy atom. The van der Waals surface area contributed by atoms with Crippen molar-refractivity contribution in [3.63, 3.8) is 0 Å². The van der Waals surface area contributed by atoms with Crippen molar-refractivity contribution in [2.45, 2.75) is 26.0 Å². The maximum atomic E-state index is 11.3. The van der Waals surface area contributed by atoms with Crippen LogP contribution in [0.25, 0.3) is 0 Å². The predicted octanol–water partition coefficient (Wildman–Crippen LogP) is 2.07. The monoisotopic (exact) mass is 362 g/mol. The molecule has 2 rings (SSSR count). The Hall–Kier alpha value is -1.73. The third kappa shape index (κ3) is 6.96. The molecule has 25 heavy (non-hydrogen) atoms. The molecule has 0 heterocycles. The summed E-state index contributed by atoms with van der Waals surface area (Å²) in [4.78, 5) is 1.91. The molecule has 5 nitrogen and oxygen atoms in total. The SMILES string of the molecule is CCc1ccc(C(O)CN(CCS(N)(=O)=O)Cc2ccccc2)cc1. The first-order valence-electron chi connectivity index (χ1n) is 8.41. The Kier molecular flexibility index (Phi) is 7.13. The molecule has 1 unspecified atom stereocenters. The molecule has 0 radical (unpaired) electrons. The zero-order valence-electron chi connectivity index (χ0n) is 14.5. The second-order valence-corrected chi connectivity index (χ2v) is 7.93. The Balaban J connectivity index is 2.07. The van der Waals surface area contributed by atoms with Crippen LogP contribution in [-0.4, -0.2) is 37.3 Å². The van der Waals surface area contributed by atoms with Gasteiger partial charge in [0.1, 0.15) is 0 Å². The number of aliphatic hydroxyl groups is 1. The first-order valence-corrected chi connectivity index (χ1v) is 10.1. The van der Waals surface area contributed by atoms with Gasteiger partial charge < -0.3 is 5.11 Å². The van der Waals surface area contributed by atoms with Gasteiger partial charge in [-0.2, -0.15) is 0 Å². The topological polar surface area (TPSA) is 83.6 Å². The highest BCUT2D eigenvalue weighted by Crippen LogP contribution is 2.17. The summed E-state index contributed by atoms with van der Waals surface area (Å²) >= 11 is 0. The van der Waals surface area contributed by atoms with Crippen molar-refractivity contribution in [1.82, 2.24) is 4.90 Å². The first kappa shape index (κ1) is 19.6. The number of nitrogens with zero attached hydrogens (tertiary/aromatic N) is 1. The van der Waals surface area contributed by atoms with Crippen molar-refractivity contribution in [2.24, 2.45) is 5.14 Å². The number of primary sulfonamides is 1.